The van der Waals surface area contributed by atoms with E-state index < -0.39 is 0 Å². The van der Waals surface area contributed by atoms with Crippen LogP contribution in [0.2, 0.25) is 0 Å². The highest BCUT2D eigenvalue weighted by molar-refractivity contribution is 7.16. The smallest absolute Gasteiger partial charge is 0.227 e. The van der Waals surface area contributed by atoms with Crippen molar-refractivity contribution in [1.82, 2.24) is 20.2 Å². The number of carbonyl (C=O) groups excluding carboxylic acids is 1. The Balaban J connectivity index is 1.51. The van der Waals surface area contributed by atoms with Crippen LogP contribution in [0.1, 0.15) is 25.7 Å². The maximum atomic E-state index is 13.1. The largest absolute Gasteiger partial charge is 0.355 e. The van der Waals surface area contributed by atoms with Crippen LogP contribution < -0.4 is 10.2 Å². The average Bonchev–Trinajstić information content (AvgIpc) is 3.30. The first kappa shape index (κ1) is 16.7. The molecule has 0 aliphatic carbocycles. The third-order valence-electron chi connectivity index (χ3n) is 5.41. The number of aromatic nitrogens is 2. The van der Waals surface area contributed by atoms with Crippen LogP contribution in [0, 0.1) is 5.92 Å². The van der Waals surface area contributed by atoms with Crippen LogP contribution >= 0.6 is 11.3 Å². The molecule has 6 nitrogen and oxygen atoms in total. The summed E-state index contributed by atoms with van der Waals surface area (Å²) in [7, 11) is 1.96. The number of amides is 1. The SMILES string of the molecule is CNCC1CCCN1C(=O)C1CCCN(c2ncnc3sccc23)C1. The maximum Gasteiger partial charge on any atom is 0.227 e. The van der Waals surface area contributed by atoms with Gasteiger partial charge in [-0.15, -0.1) is 11.3 Å². The first-order valence-corrected chi connectivity index (χ1v) is 10.0. The third-order valence-corrected chi connectivity index (χ3v) is 6.23. The molecule has 2 fully saturated rings. The van der Waals surface area contributed by atoms with Gasteiger partial charge in [-0.25, -0.2) is 9.97 Å². The van der Waals surface area contributed by atoms with E-state index in [0.29, 0.717) is 11.9 Å². The first-order valence-electron chi connectivity index (χ1n) is 9.16. The summed E-state index contributed by atoms with van der Waals surface area (Å²) >= 11 is 1.64. The Kier molecular flexibility index (Phi) is 4.85. The Bertz CT molecular complexity index is 748. The summed E-state index contributed by atoms with van der Waals surface area (Å²) < 4.78 is 0. The topological polar surface area (TPSA) is 61.4 Å². The number of carbonyl (C=O) groups is 1. The van der Waals surface area contributed by atoms with Gasteiger partial charge in [0.05, 0.1) is 11.3 Å². The normalized spacial score (nSPS) is 24.2. The molecule has 4 heterocycles. The lowest BCUT2D eigenvalue weighted by Crippen LogP contribution is -2.48. The van der Waals surface area contributed by atoms with Crippen molar-refractivity contribution in [3.63, 3.8) is 0 Å². The molecule has 4 rings (SSSR count). The molecule has 1 N–H and O–H groups in total. The number of anilines is 1. The summed E-state index contributed by atoms with van der Waals surface area (Å²) in [5.41, 5.74) is 0. The van der Waals surface area contributed by atoms with Crippen molar-refractivity contribution in [2.75, 3.05) is 38.1 Å². The summed E-state index contributed by atoms with van der Waals surface area (Å²) in [6.45, 7) is 3.53. The summed E-state index contributed by atoms with van der Waals surface area (Å²) in [6.07, 6.45) is 5.90. The quantitative estimate of drug-likeness (QED) is 0.906. The average molecular weight is 359 g/mol. The van der Waals surface area contributed by atoms with Gasteiger partial charge in [-0.3, -0.25) is 4.79 Å². The highest BCUT2D eigenvalue weighted by atomic mass is 32.1. The molecule has 134 valence electrons. The predicted molar refractivity (Wildman–Crippen MR) is 101 cm³/mol. The molecule has 0 saturated carbocycles. The number of likely N-dealkylation sites (N-methyl/N-ethyl adjacent to an activating group) is 1. The van der Waals surface area contributed by atoms with Crippen molar-refractivity contribution >= 4 is 33.3 Å². The molecule has 0 aromatic carbocycles. The van der Waals surface area contributed by atoms with Crippen LogP contribution in [-0.4, -0.2) is 60.0 Å². The van der Waals surface area contributed by atoms with Gasteiger partial charge in [-0.1, -0.05) is 0 Å². The number of likely N-dealkylation sites (tertiary alicyclic amines) is 1. The van der Waals surface area contributed by atoms with Gasteiger partial charge >= 0.3 is 0 Å². The zero-order chi connectivity index (χ0) is 17.2. The molecule has 2 saturated heterocycles. The summed E-state index contributed by atoms with van der Waals surface area (Å²) in [6, 6.07) is 2.44. The highest BCUT2D eigenvalue weighted by Gasteiger charge is 2.35. The molecule has 2 aromatic rings. The van der Waals surface area contributed by atoms with Gasteiger partial charge in [-0.2, -0.15) is 0 Å². The fraction of sp³-hybridized carbons (Fsp3) is 0.611. The lowest BCUT2D eigenvalue weighted by atomic mass is 9.96. The fourth-order valence-corrected chi connectivity index (χ4v) is 4.94. The minimum Gasteiger partial charge on any atom is -0.355 e. The number of rotatable bonds is 4. The lowest BCUT2D eigenvalue weighted by Gasteiger charge is -2.36. The number of nitrogens with zero attached hydrogens (tertiary/aromatic N) is 4. The second kappa shape index (κ2) is 7.25. The van der Waals surface area contributed by atoms with Crippen LogP contribution in [0.4, 0.5) is 5.82 Å². The van der Waals surface area contributed by atoms with Crippen LogP contribution in [0.25, 0.3) is 10.2 Å². The second-order valence-electron chi connectivity index (χ2n) is 7.01. The summed E-state index contributed by atoms with van der Waals surface area (Å²) in [5.74, 6) is 1.39. The Labute approximate surface area is 152 Å². The molecular formula is C18H25N5OS. The summed E-state index contributed by atoms with van der Waals surface area (Å²) in [4.78, 5) is 27.4. The van der Waals surface area contributed by atoms with E-state index in [-0.39, 0.29) is 5.92 Å². The lowest BCUT2D eigenvalue weighted by molar-refractivity contribution is -0.136. The van der Waals surface area contributed by atoms with E-state index in [1.165, 1.54) is 0 Å². The van der Waals surface area contributed by atoms with Crippen molar-refractivity contribution < 1.29 is 4.79 Å². The molecule has 2 aromatic heterocycles. The van der Waals surface area contributed by atoms with Gasteiger partial charge in [0.25, 0.3) is 0 Å². The Morgan fingerprint density at radius 2 is 2.20 bits per heavy atom. The molecule has 0 bridgehead atoms. The number of hydrogen-bond acceptors (Lipinski definition) is 6. The first-order chi connectivity index (χ1) is 12.3. The Hall–Kier alpha value is -1.73. The van der Waals surface area contributed by atoms with Crippen molar-refractivity contribution in [1.29, 1.82) is 0 Å². The van der Waals surface area contributed by atoms with E-state index in [9.17, 15) is 4.79 Å². The van der Waals surface area contributed by atoms with E-state index >= 15 is 0 Å². The van der Waals surface area contributed by atoms with Gasteiger partial charge < -0.3 is 15.1 Å². The monoisotopic (exact) mass is 359 g/mol. The van der Waals surface area contributed by atoms with Crippen LogP contribution in [0.15, 0.2) is 17.8 Å². The molecule has 0 spiro atoms. The van der Waals surface area contributed by atoms with Crippen molar-refractivity contribution in [3.8, 4) is 0 Å². The van der Waals surface area contributed by atoms with Crippen molar-refractivity contribution in [3.05, 3.63) is 17.8 Å². The fourth-order valence-electron chi connectivity index (χ4n) is 4.21. The van der Waals surface area contributed by atoms with Gasteiger partial charge in [0.2, 0.25) is 5.91 Å². The molecule has 1 amide bonds. The minimum atomic E-state index is 0.0786. The van der Waals surface area contributed by atoms with Gasteiger partial charge in [0.1, 0.15) is 17.0 Å². The van der Waals surface area contributed by atoms with E-state index in [4.69, 9.17) is 0 Å². The van der Waals surface area contributed by atoms with E-state index in [1.807, 2.05) is 7.05 Å². The second-order valence-corrected chi connectivity index (χ2v) is 7.90. The molecular weight excluding hydrogens is 334 g/mol. The van der Waals surface area contributed by atoms with Crippen molar-refractivity contribution in [2.24, 2.45) is 5.92 Å². The van der Waals surface area contributed by atoms with Crippen LogP contribution in [-0.2, 0) is 4.79 Å². The van der Waals surface area contributed by atoms with E-state index in [0.717, 1.165) is 67.9 Å². The summed E-state index contributed by atoms with van der Waals surface area (Å²) in [5, 5.41) is 6.39. The van der Waals surface area contributed by atoms with Crippen LogP contribution in [0.3, 0.4) is 0 Å². The molecule has 7 heteroatoms. The maximum absolute atomic E-state index is 13.1. The molecule has 25 heavy (non-hydrogen) atoms. The predicted octanol–water partition coefficient (Wildman–Crippen LogP) is 2.12. The third kappa shape index (κ3) is 3.22. The van der Waals surface area contributed by atoms with Gasteiger partial charge in [0.15, 0.2) is 0 Å². The zero-order valence-electron chi connectivity index (χ0n) is 14.6. The highest BCUT2D eigenvalue weighted by Crippen LogP contribution is 2.31. The van der Waals surface area contributed by atoms with E-state index in [2.05, 4.69) is 36.5 Å². The number of nitrogens with one attached hydrogen (secondary N) is 1. The number of thiophene rings is 1. The Morgan fingerprint density at radius 1 is 1.32 bits per heavy atom. The van der Waals surface area contributed by atoms with Crippen molar-refractivity contribution in [2.45, 2.75) is 31.7 Å². The minimum absolute atomic E-state index is 0.0786. The number of hydrogen-bond donors (Lipinski definition) is 1. The molecule has 2 unspecified atom stereocenters. The van der Waals surface area contributed by atoms with Gasteiger partial charge in [0, 0.05) is 32.2 Å². The molecule has 2 atom stereocenters. The number of piperidine rings is 1. The van der Waals surface area contributed by atoms with E-state index in [1.54, 1.807) is 17.7 Å². The van der Waals surface area contributed by atoms with Gasteiger partial charge in [-0.05, 0) is 44.2 Å². The Morgan fingerprint density at radius 3 is 3.08 bits per heavy atom. The standard InChI is InChI=1S/C18H25N5OS/c1-19-10-14-5-3-8-23(14)18(24)13-4-2-7-22(11-13)16-15-6-9-25-17(15)21-12-20-16/h6,9,12-14,19H,2-5,7-8,10-11H2,1H3. The number of fused-ring (bicyclic) bond motifs is 1. The molecule has 0 radical (unpaired) electrons. The molecule has 2 aliphatic rings. The zero-order valence-corrected chi connectivity index (χ0v) is 15.5. The molecule has 2 aliphatic heterocycles. The van der Waals surface area contributed by atoms with Crippen LogP contribution in [0.5, 0.6) is 0 Å².